The molecule has 0 spiro atoms. The van der Waals surface area contributed by atoms with E-state index in [-0.39, 0.29) is 23.0 Å². The maximum absolute atomic E-state index is 6.90. The normalized spacial score (nSPS) is 17.2. The lowest BCUT2D eigenvalue weighted by atomic mass is 9.37. The van der Waals surface area contributed by atoms with Crippen LogP contribution in [0.1, 0.15) is 94.7 Å². The van der Waals surface area contributed by atoms with Crippen LogP contribution < -0.4 is 26.1 Å². The van der Waals surface area contributed by atoms with Crippen molar-refractivity contribution in [3.05, 3.63) is 81.9 Å². The molecule has 2 aromatic heterocycles. The molecule has 4 heterocycles. The number of hydrogen-bond donors (Lipinski definition) is 0. The molecule has 0 radical (unpaired) electrons. The van der Waals surface area contributed by atoms with Crippen LogP contribution in [0.3, 0.4) is 0 Å². The summed E-state index contributed by atoms with van der Waals surface area (Å²) in [6, 6.07) is 17.8. The Bertz CT molecular complexity index is 2070. The maximum atomic E-state index is 6.90. The first kappa shape index (κ1) is 28.5. The SMILES string of the molecule is Cc1cc(C)c(-c2cc3c4c(n2)Oc2cc5c(cc2B4c2oc4ccc(C(C)(C)C)cc4c2O3)C(C)(C)CCC5(C)C)c(C)c1. The Balaban J connectivity index is 1.43. The van der Waals surface area contributed by atoms with Gasteiger partial charge in [0.1, 0.15) is 22.7 Å². The summed E-state index contributed by atoms with van der Waals surface area (Å²) in [4.78, 5) is 5.23. The van der Waals surface area contributed by atoms with Gasteiger partial charge in [-0.05, 0) is 101 Å². The number of benzene rings is 3. The number of furan rings is 1. The Morgan fingerprint density at radius 1 is 0.778 bits per heavy atom. The van der Waals surface area contributed by atoms with E-state index in [0.29, 0.717) is 5.88 Å². The third kappa shape index (κ3) is 4.15. The molecule has 228 valence electrons. The molecule has 5 aromatic rings. The third-order valence-corrected chi connectivity index (χ3v) is 10.7. The van der Waals surface area contributed by atoms with Crippen molar-refractivity contribution >= 4 is 34.3 Å². The molecule has 0 saturated carbocycles. The van der Waals surface area contributed by atoms with Crippen LogP contribution in [-0.4, -0.2) is 11.7 Å². The summed E-state index contributed by atoms with van der Waals surface area (Å²) in [5.74, 6) is 3.07. The minimum Gasteiger partial charge on any atom is -0.466 e. The molecule has 0 N–H and O–H groups in total. The molecular formula is C40H42BNO3. The minimum atomic E-state index is -0.180. The molecule has 0 fully saturated rings. The molecule has 2 aliphatic heterocycles. The summed E-state index contributed by atoms with van der Waals surface area (Å²) < 4.78 is 20.5. The van der Waals surface area contributed by atoms with Gasteiger partial charge in [-0.25, -0.2) is 4.98 Å². The lowest BCUT2D eigenvalue weighted by Gasteiger charge is -2.43. The summed E-state index contributed by atoms with van der Waals surface area (Å²) >= 11 is 0. The van der Waals surface area contributed by atoms with Crippen LogP contribution in [0.4, 0.5) is 0 Å². The van der Waals surface area contributed by atoms with Gasteiger partial charge in [0.15, 0.2) is 5.75 Å². The van der Waals surface area contributed by atoms with Gasteiger partial charge >= 0.3 is 6.71 Å². The summed E-state index contributed by atoms with van der Waals surface area (Å²) in [7, 11) is 0. The van der Waals surface area contributed by atoms with Gasteiger partial charge in [0, 0.05) is 17.1 Å². The first-order valence-electron chi connectivity index (χ1n) is 16.4. The molecule has 3 aliphatic rings. The van der Waals surface area contributed by atoms with Crippen molar-refractivity contribution in [1.82, 2.24) is 4.98 Å². The highest BCUT2D eigenvalue weighted by atomic mass is 16.5. The van der Waals surface area contributed by atoms with Crippen molar-refractivity contribution in [3.8, 4) is 34.4 Å². The maximum Gasteiger partial charge on any atom is 0.307 e. The largest absolute Gasteiger partial charge is 0.466 e. The number of aromatic nitrogens is 1. The number of ether oxygens (including phenoxy) is 2. The zero-order valence-electron chi connectivity index (χ0n) is 28.3. The van der Waals surface area contributed by atoms with E-state index in [4.69, 9.17) is 18.9 Å². The van der Waals surface area contributed by atoms with E-state index in [2.05, 4.69) is 118 Å². The predicted octanol–water partition coefficient (Wildman–Crippen LogP) is 8.79. The standard InChI is InChI=1S/C40H42BNO3/c1-21-15-22(2)33(23(3)16-21)29-20-32-34-37(42-29)45-31-19-27-26(39(7,8)13-14-40(27,9)10)18-28(31)41(34)36-35(43-32)25-17-24(38(4,5)6)11-12-30(25)44-36/h11-12,15-20H,13-14H2,1-10H3. The van der Waals surface area contributed by atoms with E-state index in [1.807, 2.05) is 0 Å². The third-order valence-electron chi connectivity index (χ3n) is 10.7. The van der Waals surface area contributed by atoms with Crippen LogP contribution >= 0.6 is 0 Å². The highest BCUT2D eigenvalue weighted by Crippen LogP contribution is 2.48. The van der Waals surface area contributed by atoms with Gasteiger partial charge in [0.25, 0.3) is 0 Å². The summed E-state index contributed by atoms with van der Waals surface area (Å²) in [5.41, 5.74) is 13.5. The number of pyridine rings is 1. The van der Waals surface area contributed by atoms with Crippen molar-refractivity contribution in [2.45, 2.75) is 98.3 Å². The second kappa shape index (κ2) is 9.06. The molecule has 0 unspecified atom stereocenters. The van der Waals surface area contributed by atoms with Crippen LogP contribution in [0.2, 0.25) is 0 Å². The highest BCUT2D eigenvalue weighted by molar-refractivity contribution is 6.97. The average Bonchev–Trinajstić information content (AvgIpc) is 3.31. The predicted molar refractivity (Wildman–Crippen MR) is 185 cm³/mol. The van der Waals surface area contributed by atoms with Gasteiger partial charge in [0.05, 0.1) is 11.1 Å². The van der Waals surface area contributed by atoms with Crippen molar-refractivity contribution in [2.75, 3.05) is 0 Å². The topological polar surface area (TPSA) is 44.5 Å². The molecule has 5 heteroatoms. The van der Waals surface area contributed by atoms with Crippen LogP contribution in [0.5, 0.6) is 23.1 Å². The number of nitrogens with zero attached hydrogens (tertiary/aromatic N) is 1. The lowest BCUT2D eigenvalue weighted by Crippen LogP contribution is -2.57. The quantitative estimate of drug-likeness (QED) is 0.178. The van der Waals surface area contributed by atoms with E-state index in [0.717, 1.165) is 68.9 Å². The van der Waals surface area contributed by atoms with Gasteiger partial charge in [-0.1, -0.05) is 78.3 Å². The van der Waals surface area contributed by atoms with Gasteiger partial charge in [-0.15, -0.1) is 0 Å². The zero-order valence-corrected chi connectivity index (χ0v) is 28.3. The van der Waals surface area contributed by atoms with Crippen LogP contribution in [-0.2, 0) is 16.2 Å². The van der Waals surface area contributed by atoms with Crippen molar-refractivity contribution in [1.29, 1.82) is 0 Å². The van der Waals surface area contributed by atoms with E-state index < -0.39 is 0 Å². The summed E-state index contributed by atoms with van der Waals surface area (Å²) in [6.07, 6.45) is 2.29. The van der Waals surface area contributed by atoms with Crippen LogP contribution in [0.25, 0.3) is 22.2 Å². The molecule has 0 saturated heterocycles. The molecule has 4 nitrogen and oxygen atoms in total. The Kier molecular flexibility index (Phi) is 5.73. The number of hydrogen-bond acceptors (Lipinski definition) is 4. The monoisotopic (exact) mass is 595 g/mol. The van der Waals surface area contributed by atoms with Gasteiger partial charge in [-0.2, -0.15) is 0 Å². The second-order valence-electron chi connectivity index (χ2n) is 16.1. The fourth-order valence-electron chi connectivity index (χ4n) is 8.07. The first-order chi connectivity index (χ1) is 21.1. The van der Waals surface area contributed by atoms with E-state index in [1.165, 1.54) is 33.4 Å². The molecule has 45 heavy (non-hydrogen) atoms. The molecule has 1 aliphatic carbocycles. The Labute approximate surface area is 267 Å². The first-order valence-corrected chi connectivity index (χ1v) is 16.4. The number of rotatable bonds is 1. The lowest BCUT2D eigenvalue weighted by molar-refractivity contribution is 0.330. The van der Waals surface area contributed by atoms with Gasteiger partial charge in [0.2, 0.25) is 5.88 Å². The molecular weight excluding hydrogens is 553 g/mol. The molecule has 3 aromatic carbocycles. The van der Waals surface area contributed by atoms with E-state index in [9.17, 15) is 0 Å². The smallest absolute Gasteiger partial charge is 0.307 e. The van der Waals surface area contributed by atoms with E-state index >= 15 is 0 Å². The number of fused-ring (bicyclic) bond motifs is 7. The number of aryl methyl sites for hydroxylation is 3. The van der Waals surface area contributed by atoms with E-state index in [1.54, 1.807) is 0 Å². The minimum absolute atomic E-state index is 0.00159. The van der Waals surface area contributed by atoms with Crippen LogP contribution in [0, 0.1) is 20.8 Å². The molecule has 8 rings (SSSR count). The zero-order chi connectivity index (χ0) is 31.8. The van der Waals surface area contributed by atoms with Crippen molar-refractivity contribution in [3.63, 3.8) is 0 Å². The molecule has 0 amide bonds. The highest BCUT2D eigenvalue weighted by Gasteiger charge is 2.47. The summed E-state index contributed by atoms with van der Waals surface area (Å²) in [6.45, 7) is 22.5. The Morgan fingerprint density at radius 3 is 2.11 bits per heavy atom. The van der Waals surface area contributed by atoms with Crippen molar-refractivity contribution < 1.29 is 13.9 Å². The Hall–Kier alpha value is -3.99. The van der Waals surface area contributed by atoms with Crippen molar-refractivity contribution in [2.24, 2.45) is 0 Å². The fraction of sp³-hybridized carbons (Fsp3) is 0.375. The molecule has 0 bridgehead atoms. The van der Waals surface area contributed by atoms with Crippen LogP contribution in [0.15, 0.2) is 52.9 Å². The van der Waals surface area contributed by atoms with Gasteiger partial charge < -0.3 is 13.9 Å². The van der Waals surface area contributed by atoms with Gasteiger partial charge in [-0.3, -0.25) is 0 Å². The molecule has 0 atom stereocenters. The summed E-state index contributed by atoms with van der Waals surface area (Å²) in [5, 5.41) is 1.01. The average molecular weight is 596 g/mol. The fourth-order valence-corrected chi connectivity index (χ4v) is 8.07. The Morgan fingerprint density at radius 2 is 1.44 bits per heavy atom. The second-order valence-corrected chi connectivity index (χ2v) is 16.1.